The summed E-state index contributed by atoms with van der Waals surface area (Å²) < 4.78 is 5.49. The van der Waals surface area contributed by atoms with E-state index < -0.39 is 0 Å². The molecule has 2 rings (SSSR count). The molecule has 0 radical (unpaired) electrons. The Bertz CT molecular complexity index is 366. The van der Waals surface area contributed by atoms with Crippen molar-refractivity contribution in [3.8, 4) is 5.75 Å². The van der Waals surface area contributed by atoms with Crippen LogP contribution in [-0.2, 0) is 11.2 Å². The number of carbonyl (C=O) groups is 1. The van der Waals surface area contributed by atoms with Gasteiger partial charge in [-0.15, -0.1) is 0 Å². The molecule has 0 atom stereocenters. The summed E-state index contributed by atoms with van der Waals surface area (Å²) in [4.78, 5) is 13.6. The topological polar surface area (TPSA) is 29.5 Å². The van der Waals surface area contributed by atoms with Gasteiger partial charge in [0, 0.05) is 13.1 Å². The lowest BCUT2D eigenvalue weighted by atomic mass is 10.2. The lowest BCUT2D eigenvalue weighted by molar-refractivity contribution is -0.132. The van der Waals surface area contributed by atoms with Crippen molar-refractivity contribution in [2.45, 2.75) is 26.2 Å². The zero-order valence-corrected chi connectivity index (χ0v) is 10.3. The zero-order chi connectivity index (χ0) is 12.1. The number of nitrogens with zero attached hydrogens (tertiary/aromatic N) is 1. The third-order valence-electron chi connectivity index (χ3n) is 3.15. The second-order valence-corrected chi connectivity index (χ2v) is 4.37. The van der Waals surface area contributed by atoms with Gasteiger partial charge in [0.2, 0.25) is 0 Å². The molecule has 0 spiro atoms. The highest BCUT2D eigenvalue weighted by Gasteiger charge is 2.17. The quantitative estimate of drug-likeness (QED) is 0.798. The first-order chi connectivity index (χ1) is 8.29. The number of aryl methyl sites for hydroxylation is 1. The van der Waals surface area contributed by atoms with E-state index in [0.717, 1.165) is 38.1 Å². The molecule has 1 amide bonds. The first-order valence-corrected chi connectivity index (χ1v) is 6.29. The smallest absolute Gasteiger partial charge is 0.260 e. The fourth-order valence-corrected chi connectivity index (χ4v) is 2.02. The molecule has 17 heavy (non-hydrogen) atoms. The minimum atomic E-state index is 0.0991. The van der Waals surface area contributed by atoms with Gasteiger partial charge < -0.3 is 9.64 Å². The lowest BCUT2D eigenvalue weighted by Gasteiger charge is -2.15. The summed E-state index contributed by atoms with van der Waals surface area (Å²) in [7, 11) is 0. The molecule has 92 valence electrons. The number of rotatable bonds is 4. The maximum Gasteiger partial charge on any atom is 0.260 e. The largest absolute Gasteiger partial charge is 0.484 e. The Morgan fingerprint density at radius 3 is 2.47 bits per heavy atom. The average molecular weight is 233 g/mol. The molecule has 3 heteroatoms. The van der Waals surface area contributed by atoms with Crippen LogP contribution in [-0.4, -0.2) is 30.5 Å². The van der Waals surface area contributed by atoms with E-state index in [-0.39, 0.29) is 12.5 Å². The van der Waals surface area contributed by atoms with E-state index in [0.29, 0.717) is 0 Å². The maximum absolute atomic E-state index is 11.7. The van der Waals surface area contributed by atoms with Gasteiger partial charge in [0.15, 0.2) is 6.61 Å². The second kappa shape index (κ2) is 5.71. The Kier molecular flexibility index (Phi) is 4.02. The van der Waals surface area contributed by atoms with Gasteiger partial charge >= 0.3 is 0 Å². The van der Waals surface area contributed by atoms with Gasteiger partial charge in [0.25, 0.3) is 5.91 Å². The Labute approximate surface area is 102 Å². The molecule has 1 heterocycles. The Hall–Kier alpha value is -1.51. The summed E-state index contributed by atoms with van der Waals surface area (Å²) in [6.45, 7) is 4.05. The Morgan fingerprint density at radius 2 is 1.88 bits per heavy atom. The summed E-state index contributed by atoms with van der Waals surface area (Å²) in [6.07, 6.45) is 3.26. The van der Waals surface area contributed by atoms with Crippen molar-refractivity contribution in [2.24, 2.45) is 0 Å². The highest BCUT2D eigenvalue weighted by atomic mass is 16.5. The van der Waals surface area contributed by atoms with Gasteiger partial charge in [-0.3, -0.25) is 4.79 Å². The standard InChI is InChI=1S/C14H19NO2/c1-2-12-5-7-13(8-6-12)17-11-14(16)15-9-3-4-10-15/h5-8H,2-4,9-11H2,1H3. The van der Waals surface area contributed by atoms with Gasteiger partial charge in [-0.25, -0.2) is 0 Å². The van der Waals surface area contributed by atoms with Crippen LogP contribution < -0.4 is 4.74 Å². The summed E-state index contributed by atoms with van der Waals surface area (Å²) in [5, 5.41) is 0. The third kappa shape index (κ3) is 3.22. The van der Waals surface area contributed by atoms with Crippen molar-refractivity contribution >= 4 is 5.91 Å². The summed E-state index contributed by atoms with van der Waals surface area (Å²) in [6, 6.07) is 7.93. The third-order valence-corrected chi connectivity index (χ3v) is 3.15. The minimum absolute atomic E-state index is 0.0991. The van der Waals surface area contributed by atoms with E-state index in [9.17, 15) is 4.79 Å². The van der Waals surface area contributed by atoms with Crippen LogP contribution in [0.5, 0.6) is 5.75 Å². The first kappa shape index (κ1) is 12.0. The van der Waals surface area contributed by atoms with Crippen LogP contribution in [0.1, 0.15) is 25.3 Å². The molecular formula is C14H19NO2. The molecule has 1 fully saturated rings. The van der Waals surface area contributed by atoms with E-state index in [1.165, 1.54) is 5.56 Å². The molecule has 1 aromatic rings. The zero-order valence-electron chi connectivity index (χ0n) is 10.3. The number of likely N-dealkylation sites (tertiary alicyclic amines) is 1. The molecule has 1 aromatic carbocycles. The van der Waals surface area contributed by atoms with E-state index in [1.54, 1.807) is 0 Å². The van der Waals surface area contributed by atoms with Gasteiger partial charge in [-0.05, 0) is 37.0 Å². The lowest BCUT2D eigenvalue weighted by Crippen LogP contribution is -2.32. The van der Waals surface area contributed by atoms with Gasteiger partial charge in [0.1, 0.15) is 5.75 Å². The predicted molar refractivity (Wildman–Crippen MR) is 67.1 cm³/mol. The molecule has 1 saturated heterocycles. The number of benzene rings is 1. The molecule has 0 N–H and O–H groups in total. The van der Waals surface area contributed by atoms with E-state index in [2.05, 4.69) is 6.92 Å². The highest BCUT2D eigenvalue weighted by molar-refractivity contribution is 5.78. The van der Waals surface area contributed by atoms with Crippen molar-refractivity contribution in [1.82, 2.24) is 4.90 Å². The van der Waals surface area contributed by atoms with E-state index in [1.807, 2.05) is 29.2 Å². The average Bonchev–Trinajstić information content (AvgIpc) is 2.90. The number of hydrogen-bond acceptors (Lipinski definition) is 2. The van der Waals surface area contributed by atoms with Crippen LogP contribution in [0.25, 0.3) is 0 Å². The molecule has 0 saturated carbocycles. The normalized spacial score (nSPS) is 15.0. The fraction of sp³-hybridized carbons (Fsp3) is 0.500. The molecule has 3 nitrogen and oxygen atoms in total. The molecule has 1 aliphatic rings. The summed E-state index contributed by atoms with van der Waals surface area (Å²) in [5.74, 6) is 0.872. The Morgan fingerprint density at radius 1 is 1.24 bits per heavy atom. The minimum Gasteiger partial charge on any atom is -0.484 e. The molecular weight excluding hydrogens is 214 g/mol. The van der Waals surface area contributed by atoms with Gasteiger partial charge in [-0.1, -0.05) is 19.1 Å². The SMILES string of the molecule is CCc1ccc(OCC(=O)N2CCCC2)cc1. The van der Waals surface area contributed by atoms with Gasteiger partial charge in [-0.2, -0.15) is 0 Å². The predicted octanol–water partition coefficient (Wildman–Crippen LogP) is 2.25. The molecule has 1 aliphatic heterocycles. The molecule has 0 aliphatic carbocycles. The van der Waals surface area contributed by atoms with Crippen LogP contribution in [0.15, 0.2) is 24.3 Å². The summed E-state index contributed by atoms with van der Waals surface area (Å²) in [5.41, 5.74) is 1.28. The molecule has 0 unspecified atom stereocenters. The monoisotopic (exact) mass is 233 g/mol. The number of ether oxygens (including phenoxy) is 1. The van der Waals surface area contributed by atoms with Crippen molar-refractivity contribution in [3.63, 3.8) is 0 Å². The summed E-state index contributed by atoms with van der Waals surface area (Å²) >= 11 is 0. The van der Waals surface area contributed by atoms with Gasteiger partial charge in [0.05, 0.1) is 0 Å². The fourth-order valence-electron chi connectivity index (χ4n) is 2.02. The first-order valence-electron chi connectivity index (χ1n) is 6.29. The number of amides is 1. The molecule has 0 bridgehead atoms. The van der Waals surface area contributed by atoms with Crippen LogP contribution in [0.4, 0.5) is 0 Å². The van der Waals surface area contributed by atoms with E-state index >= 15 is 0 Å². The highest BCUT2D eigenvalue weighted by Crippen LogP contribution is 2.13. The van der Waals surface area contributed by atoms with Crippen LogP contribution in [0, 0.1) is 0 Å². The second-order valence-electron chi connectivity index (χ2n) is 4.37. The van der Waals surface area contributed by atoms with Crippen LogP contribution in [0.2, 0.25) is 0 Å². The van der Waals surface area contributed by atoms with Crippen LogP contribution in [0.3, 0.4) is 0 Å². The van der Waals surface area contributed by atoms with Crippen LogP contribution >= 0.6 is 0 Å². The van der Waals surface area contributed by atoms with Crippen molar-refractivity contribution in [1.29, 1.82) is 0 Å². The van der Waals surface area contributed by atoms with E-state index in [4.69, 9.17) is 4.74 Å². The van der Waals surface area contributed by atoms with Crippen molar-refractivity contribution in [3.05, 3.63) is 29.8 Å². The molecule has 0 aromatic heterocycles. The maximum atomic E-state index is 11.7. The number of hydrogen-bond donors (Lipinski definition) is 0. The number of carbonyl (C=O) groups excluding carboxylic acids is 1. The van der Waals surface area contributed by atoms with Crippen molar-refractivity contribution < 1.29 is 9.53 Å². The Balaban J connectivity index is 1.82. The van der Waals surface area contributed by atoms with Crippen molar-refractivity contribution in [2.75, 3.05) is 19.7 Å².